The van der Waals surface area contributed by atoms with E-state index in [9.17, 15) is 14.4 Å². The van der Waals surface area contributed by atoms with E-state index in [1.807, 2.05) is 54.6 Å². The molecular weight excluding hydrogens is 418 g/mol. The summed E-state index contributed by atoms with van der Waals surface area (Å²) in [6, 6.07) is 23.6. The lowest BCUT2D eigenvalue weighted by molar-refractivity contribution is -0.122. The Labute approximate surface area is 192 Å². The molecule has 3 amide bonds. The molecule has 0 aliphatic carbocycles. The minimum atomic E-state index is -0.492. The van der Waals surface area contributed by atoms with Crippen molar-refractivity contribution in [2.24, 2.45) is 5.92 Å². The molecule has 0 spiro atoms. The summed E-state index contributed by atoms with van der Waals surface area (Å²) in [7, 11) is 1.60. The molecule has 0 unspecified atom stereocenters. The number of carbonyl (C=O) groups excluding carboxylic acids is 3. The van der Waals surface area contributed by atoms with Gasteiger partial charge in [0.25, 0.3) is 5.91 Å². The lowest BCUT2D eigenvalue weighted by Gasteiger charge is -2.17. The fourth-order valence-electron chi connectivity index (χ4n) is 3.79. The van der Waals surface area contributed by atoms with Crippen LogP contribution in [0.1, 0.15) is 22.3 Å². The lowest BCUT2D eigenvalue weighted by Crippen LogP contribution is -2.29. The molecule has 4 rings (SSSR count). The predicted octanol–water partition coefficient (Wildman–Crippen LogP) is 3.62. The quantitative estimate of drug-likeness (QED) is 0.584. The Morgan fingerprint density at radius 3 is 2.39 bits per heavy atom. The topological polar surface area (TPSA) is 87.7 Å². The number of hydrogen-bond acceptors (Lipinski definition) is 4. The van der Waals surface area contributed by atoms with Crippen LogP contribution in [-0.4, -0.2) is 31.4 Å². The van der Waals surface area contributed by atoms with Crippen molar-refractivity contribution in [2.45, 2.75) is 13.0 Å². The number of anilines is 2. The van der Waals surface area contributed by atoms with Crippen LogP contribution in [0.25, 0.3) is 0 Å². The maximum Gasteiger partial charge on any atom is 0.253 e. The van der Waals surface area contributed by atoms with E-state index in [-0.39, 0.29) is 24.1 Å². The van der Waals surface area contributed by atoms with Gasteiger partial charge in [-0.3, -0.25) is 14.4 Å². The van der Waals surface area contributed by atoms with Gasteiger partial charge in [0, 0.05) is 25.2 Å². The van der Waals surface area contributed by atoms with Gasteiger partial charge in [-0.15, -0.1) is 0 Å². The first-order valence-electron chi connectivity index (χ1n) is 10.7. The van der Waals surface area contributed by atoms with E-state index in [0.29, 0.717) is 24.3 Å². The summed E-state index contributed by atoms with van der Waals surface area (Å²) in [5.74, 6) is -0.415. The highest BCUT2D eigenvalue weighted by Crippen LogP contribution is 2.26. The number of ether oxygens (including phenoxy) is 1. The number of nitrogens with zero attached hydrogens (tertiary/aromatic N) is 1. The van der Waals surface area contributed by atoms with Gasteiger partial charge in [0.2, 0.25) is 11.8 Å². The Kier molecular flexibility index (Phi) is 6.69. The molecule has 0 saturated carbocycles. The van der Waals surface area contributed by atoms with E-state index >= 15 is 0 Å². The van der Waals surface area contributed by atoms with E-state index in [1.165, 1.54) is 0 Å². The van der Waals surface area contributed by atoms with Crippen molar-refractivity contribution in [1.82, 2.24) is 5.32 Å². The van der Waals surface area contributed by atoms with Crippen LogP contribution < -0.4 is 20.3 Å². The summed E-state index contributed by atoms with van der Waals surface area (Å²) in [6.07, 6.45) is 0.132. The summed E-state index contributed by atoms with van der Waals surface area (Å²) in [4.78, 5) is 39.8. The van der Waals surface area contributed by atoms with Gasteiger partial charge >= 0.3 is 0 Å². The molecule has 168 valence electrons. The molecule has 1 fully saturated rings. The molecule has 1 atom stereocenters. The van der Waals surface area contributed by atoms with E-state index in [1.54, 1.807) is 36.3 Å². The summed E-state index contributed by atoms with van der Waals surface area (Å²) in [6.45, 7) is 0.648. The smallest absolute Gasteiger partial charge is 0.253 e. The van der Waals surface area contributed by atoms with Crippen molar-refractivity contribution in [3.63, 3.8) is 0 Å². The summed E-state index contributed by atoms with van der Waals surface area (Å²) >= 11 is 0. The van der Waals surface area contributed by atoms with Crippen LogP contribution in [0.2, 0.25) is 0 Å². The Hall–Kier alpha value is -4.13. The lowest BCUT2D eigenvalue weighted by atomic mass is 10.1. The third-order valence-electron chi connectivity index (χ3n) is 5.61. The molecule has 3 aromatic rings. The Morgan fingerprint density at radius 1 is 0.970 bits per heavy atom. The standard InChI is InChI=1S/C26H25N3O4/c1-33-21-13-11-18(12-14-21)16-27-26(32)22-9-5-6-10-23(22)28-25(31)19-15-24(30)29(17-19)20-7-3-2-4-8-20/h2-14,19H,15-17H2,1H3,(H,27,32)(H,28,31)/t19-/m1/s1. The third kappa shape index (κ3) is 5.20. The number of para-hydroxylation sites is 2. The maximum absolute atomic E-state index is 12.9. The molecule has 0 aromatic heterocycles. The first-order chi connectivity index (χ1) is 16.0. The Bertz CT molecular complexity index is 1150. The first kappa shape index (κ1) is 22.1. The predicted molar refractivity (Wildman–Crippen MR) is 126 cm³/mol. The van der Waals surface area contributed by atoms with E-state index in [0.717, 1.165) is 17.0 Å². The molecule has 1 heterocycles. The molecule has 1 aliphatic rings. The summed E-state index contributed by atoms with van der Waals surface area (Å²) < 4.78 is 5.15. The summed E-state index contributed by atoms with van der Waals surface area (Å²) in [5, 5.41) is 5.72. The van der Waals surface area contributed by atoms with Gasteiger partial charge in [0.1, 0.15) is 5.75 Å². The van der Waals surface area contributed by atoms with Crippen molar-refractivity contribution >= 4 is 29.1 Å². The van der Waals surface area contributed by atoms with Gasteiger partial charge in [0.05, 0.1) is 24.3 Å². The fraction of sp³-hybridized carbons (Fsp3) is 0.192. The first-order valence-corrected chi connectivity index (χ1v) is 10.7. The highest BCUT2D eigenvalue weighted by molar-refractivity contribution is 6.07. The van der Waals surface area contributed by atoms with Gasteiger partial charge in [-0.1, -0.05) is 42.5 Å². The average Bonchev–Trinajstić information content (AvgIpc) is 3.25. The second-order valence-corrected chi connectivity index (χ2v) is 7.81. The zero-order chi connectivity index (χ0) is 23.2. The second-order valence-electron chi connectivity index (χ2n) is 7.81. The highest BCUT2D eigenvalue weighted by Gasteiger charge is 2.35. The van der Waals surface area contributed by atoms with Crippen LogP contribution in [-0.2, 0) is 16.1 Å². The zero-order valence-electron chi connectivity index (χ0n) is 18.3. The molecule has 7 nitrogen and oxygen atoms in total. The molecule has 2 N–H and O–H groups in total. The number of rotatable bonds is 7. The SMILES string of the molecule is COc1ccc(CNC(=O)c2ccccc2NC(=O)[C@@H]2CC(=O)N(c3ccccc3)C2)cc1. The van der Waals surface area contributed by atoms with Gasteiger partial charge in [-0.2, -0.15) is 0 Å². The largest absolute Gasteiger partial charge is 0.497 e. The molecule has 0 radical (unpaired) electrons. The Morgan fingerprint density at radius 2 is 1.67 bits per heavy atom. The maximum atomic E-state index is 12.9. The van der Waals surface area contributed by atoms with Crippen LogP contribution in [0.4, 0.5) is 11.4 Å². The van der Waals surface area contributed by atoms with Crippen LogP contribution in [0.15, 0.2) is 78.9 Å². The molecule has 33 heavy (non-hydrogen) atoms. The van der Waals surface area contributed by atoms with Crippen molar-refractivity contribution in [3.05, 3.63) is 90.0 Å². The van der Waals surface area contributed by atoms with E-state index in [2.05, 4.69) is 10.6 Å². The number of amides is 3. The minimum Gasteiger partial charge on any atom is -0.497 e. The number of benzene rings is 3. The molecule has 1 aliphatic heterocycles. The van der Waals surface area contributed by atoms with Gasteiger partial charge in [0.15, 0.2) is 0 Å². The van der Waals surface area contributed by atoms with Crippen molar-refractivity contribution in [1.29, 1.82) is 0 Å². The second kappa shape index (κ2) is 9.99. The zero-order valence-corrected chi connectivity index (χ0v) is 18.3. The van der Waals surface area contributed by atoms with Crippen LogP contribution in [0.5, 0.6) is 5.75 Å². The van der Waals surface area contributed by atoms with E-state index in [4.69, 9.17) is 4.74 Å². The number of hydrogen-bond donors (Lipinski definition) is 2. The number of nitrogens with one attached hydrogen (secondary N) is 2. The van der Waals surface area contributed by atoms with Gasteiger partial charge in [-0.05, 0) is 42.0 Å². The molecule has 7 heteroatoms. The van der Waals surface area contributed by atoms with Crippen molar-refractivity contribution in [2.75, 3.05) is 23.9 Å². The monoisotopic (exact) mass is 443 g/mol. The molecular formula is C26H25N3O4. The number of methoxy groups -OCH3 is 1. The van der Waals surface area contributed by atoms with Crippen LogP contribution >= 0.6 is 0 Å². The fourth-order valence-corrected chi connectivity index (χ4v) is 3.79. The van der Waals surface area contributed by atoms with E-state index < -0.39 is 5.92 Å². The van der Waals surface area contributed by atoms with Crippen molar-refractivity contribution < 1.29 is 19.1 Å². The van der Waals surface area contributed by atoms with Crippen LogP contribution in [0, 0.1) is 5.92 Å². The van der Waals surface area contributed by atoms with Gasteiger partial charge in [-0.25, -0.2) is 0 Å². The number of carbonyl (C=O) groups is 3. The molecule has 1 saturated heterocycles. The van der Waals surface area contributed by atoms with Gasteiger partial charge < -0.3 is 20.3 Å². The third-order valence-corrected chi connectivity index (χ3v) is 5.61. The highest BCUT2D eigenvalue weighted by atomic mass is 16.5. The summed E-state index contributed by atoms with van der Waals surface area (Å²) in [5.41, 5.74) is 2.48. The normalized spacial score (nSPS) is 15.2. The molecule has 3 aromatic carbocycles. The van der Waals surface area contributed by atoms with Crippen molar-refractivity contribution in [3.8, 4) is 5.75 Å². The Balaban J connectivity index is 1.40. The minimum absolute atomic E-state index is 0.0909. The average molecular weight is 444 g/mol. The van der Waals surface area contributed by atoms with Crippen LogP contribution in [0.3, 0.4) is 0 Å². The molecule has 0 bridgehead atoms.